The second-order valence-electron chi connectivity index (χ2n) is 9.96. The van der Waals surface area contributed by atoms with Crippen molar-refractivity contribution >= 4 is 26.5 Å². The number of likely N-dealkylation sites (tertiary alicyclic amines) is 1. The quantitative estimate of drug-likeness (QED) is 0.598. The summed E-state index contributed by atoms with van der Waals surface area (Å²) in [5.74, 6) is 0. The van der Waals surface area contributed by atoms with Gasteiger partial charge in [0.05, 0.1) is 11.0 Å². The lowest BCUT2D eigenvalue weighted by Crippen LogP contribution is -2.37. The van der Waals surface area contributed by atoms with Crippen LogP contribution in [-0.2, 0) is 14.8 Å². The molecule has 0 unspecified atom stereocenters. The first-order valence-corrected chi connectivity index (χ1v) is 13.6. The molecular weight excluding hydrogens is 436 g/mol. The average molecular weight is 475 g/mol. The fraction of sp³-hybridized carbons (Fsp3) is 0.640. The van der Waals surface area contributed by atoms with Crippen LogP contribution in [0.3, 0.4) is 0 Å². The highest BCUT2D eigenvalue weighted by atomic mass is 32.2. The third kappa shape index (κ3) is 5.04. The van der Waals surface area contributed by atoms with Crippen molar-refractivity contribution in [2.24, 2.45) is 5.41 Å². The van der Waals surface area contributed by atoms with E-state index in [2.05, 4.69) is 40.5 Å². The van der Waals surface area contributed by atoms with Gasteiger partial charge in [0.1, 0.15) is 0 Å². The van der Waals surface area contributed by atoms with E-state index in [4.69, 9.17) is 4.74 Å². The van der Waals surface area contributed by atoms with Crippen molar-refractivity contribution in [1.29, 1.82) is 0 Å². The van der Waals surface area contributed by atoms with Crippen LogP contribution in [-0.4, -0.2) is 71.3 Å². The van der Waals surface area contributed by atoms with E-state index in [0.717, 1.165) is 49.8 Å². The molecule has 1 aromatic heterocycles. The number of nitrogens with one attached hydrogen (secondary N) is 1. The van der Waals surface area contributed by atoms with Gasteiger partial charge in [-0.1, -0.05) is 19.8 Å². The summed E-state index contributed by atoms with van der Waals surface area (Å²) in [5, 5.41) is 1.58. The van der Waals surface area contributed by atoms with Crippen molar-refractivity contribution in [3.8, 4) is 0 Å². The molecule has 1 N–H and O–H groups in total. The number of fused-ring (bicyclic) bond motifs is 1. The zero-order valence-corrected chi connectivity index (χ0v) is 21.2. The molecule has 1 saturated heterocycles. The highest BCUT2D eigenvalue weighted by molar-refractivity contribution is 7.89. The van der Waals surface area contributed by atoms with E-state index in [1.54, 1.807) is 25.6 Å². The second kappa shape index (κ2) is 9.86. The monoisotopic (exact) mass is 474 g/mol. The largest absolute Gasteiger partial charge is 0.380 e. The highest BCUT2D eigenvalue weighted by Crippen LogP contribution is 2.41. The Labute approximate surface area is 198 Å². The first-order chi connectivity index (χ1) is 15.8. The number of benzene rings is 1. The molecule has 33 heavy (non-hydrogen) atoms. The predicted octanol–water partition coefficient (Wildman–Crippen LogP) is 3.64. The minimum Gasteiger partial charge on any atom is -0.380 e. The van der Waals surface area contributed by atoms with E-state index in [1.165, 1.54) is 12.8 Å². The Hall–Kier alpha value is -1.74. The summed E-state index contributed by atoms with van der Waals surface area (Å²) < 4.78 is 35.2. The number of aromatic nitrogens is 1. The number of likely N-dealkylation sites (N-methyl/N-ethyl adjacent to an activating group) is 2. The average Bonchev–Trinajstić information content (AvgIpc) is 3.44. The summed E-state index contributed by atoms with van der Waals surface area (Å²) >= 11 is 0. The van der Waals surface area contributed by atoms with Crippen LogP contribution in [0.4, 0.5) is 5.69 Å². The SMILES string of the molecule is CCC1(CNS(=O)(=O)c2ccc(N(C)C[C@@H]3C[C@H](OC)CN3C)c3cnccc23)CCCC1. The summed E-state index contributed by atoms with van der Waals surface area (Å²) in [7, 11) is 2.34. The number of hydrogen-bond donors (Lipinski definition) is 1. The van der Waals surface area contributed by atoms with Gasteiger partial charge in [0, 0.05) is 68.7 Å². The Morgan fingerprint density at radius 1 is 1.24 bits per heavy atom. The lowest BCUT2D eigenvalue weighted by molar-refractivity contribution is 0.111. The van der Waals surface area contributed by atoms with Crippen LogP contribution in [0.15, 0.2) is 35.5 Å². The fourth-order valence-corrected chi connectivity index (χ4v) is 7.01. The highest BCUT2D eigenvalue weighted by Gasteiger charge is 2.34. The van der Waals surface area contributed by atoms with Crippen LogP contribution >= 0.6 is 0 Å². The third-order valence-electron chi connectivity index (χ3n) is 7.98. The van der Waals surface area contributed by atoms with Gasteiger partial charge in [0.2, 0.25) is 10.0 Å². The van der Waals surface area contributed by atoms with Gasteiger partial charge in [-0.2, -0.15) is 0 Å². The Kier molecular flexibility index (Phi) is 7.29. The van der Waals surface area contributed by atoms with Gasteiger partial charge in [-0.25, -0.2) is 13.1 Å². The third-order valence-corrected chi connectivity index (χ3v) is 9.43. The van der Waals surface area contributed by atoms with Crippen molar-refractivity contribution in [3.05, 3.63) is 30.6 Å². The number of nitrogens with zero attached hydrogens (tertiary/aromatic N) is 3. The molecule has 4 rings (SSSR count). The van der Waals surface area contributed by atoms with Crippen molar-refractivity contribution < 1.29 is 13.2 Å². The maximum absolute atomic E-state index is 13.4. The zero-order chi connectivity index (χ0) is 23.6. The van der Waals surface area contributed by atoms with Crippen LogP contribution in [0.1, 0.15) is 45.4 Å². The molecule has 182 valence electrons. The molecule has 2 fully saturated rings. The van der Waals surface area contributed by atoms with Gasteiger partial charge in [-0.15, -0.1) is 0 Å². The molecule has 0 bridgehead atoms. The van der Waals surface area contributed by atoms with Crippen LogP contribution in [0, 0.1) is 5.41 Å². The van der Waals surface area contributed by atoms with Gasteiger partial charge in [0.25, 0.3) is 0 Å². The molecule has 2 atom stereocenters. The lowest BCUT2D eigenvalue weighted by atomic mass is 9.84. The van der Waals surface area contributed by atoms with Crippen molar-refractivity contribution in [3.63, 3.8) is 0 Å². The van der Waals surface area contributed by atoms with Crippen molar-refractivity contribution in [1.82, 2.24) is 14.6 Å². The summed E-state index contributed by atoms with van der Waals surface area (Å²) in [4.78, 5) is 9.18. The molecule has 1 aromatic carbocycles. The van der Waals surface area contributed by atoms with Gasteiger partial charge in [-0.05, 0) is 56.3 Å². The van der Waals surface area contributed by atoms with Crippen LogP contribution < -0.4 is 9.62 Å². The van der Waals surface area contributed by atoms with Gasteiger partial charge < -0.3 is 9.64 Å². The fourth-order valence-electron chi connectivity index (χ4n) is 5.65. The Morgan fingerprint density at radius 3 is 2.67 bits per heavy atom. The standard InChI is InChI=1S/C25H38N4O3S/c1-5-25(11-6-7-12-25)18-27-33(30,31)24-9-8-23(22-15-26-13-10-21(22)24)29(3)16-19-14-20(32-4)17-28(19)2/h8-10,13,15,19-20,27H,5-7,11-12,14,16-18H2,1-4H3/t19-,20-/m0/s1. The lowest BCUT2D eigenvalue weighted by Gasteiger charge is -2.29. The molecule has 0 amide bonds. The number of rotatable bonds is 9. The summed E-state index contributed by atoms with van der Waals surface area (Å²) in [6, 6.07) is 5.87. The van der Waals surface area contributed by atoms with Crippen molar-refractivity contribution in [2.75, 3.05) is 45.7 Å². The first-order valence-electron chi connectivity index (χ1n) is 12.1. The number of hydrogen-bond acceptors (Lipinski definition) is 6. The maximum atomic E-state index is 13.4. The number of ether oxygens (including phenoxy) is 1. The Morgan fingerprint density at radius 2 is 2.00 bits per heavy atom. The number of pyridine rings is 1. The minimum absolute atomic E-state index is 0.0952. The van der Waals surface area contributed by atoms with Gasteiger partial charge in [0.15, 0.2) is 0 Å². The summed E-state index contributed by atoms with van der Waals surface area (Å²) in [5.41, 5.74) is 1.09. The molecule has 1 aliphatic carbocycles. The number of methoxy groups -OCH3 is 1. The summed E-state index contributed by atoms with van der Waals surface area (Å²) in [6.07, 6.45) is 10.3. The summed E-state index contributed by atoms with van der Waals surface area (Å²) in [6.45, 7) is 4.44. The first kappa shape index (κ1) is 24.4. The smallest absolute Gasteiger partial charge is 0.241 e. The van der Waals surface area contributed by atoms with E-state index >= 15 is 0 Å². The molecule has 0 radical (unpaired) electrons. The molecule has 7 nitrogen and oxygen atoms in total. The van der Waals surface area contributed by atoms with Crippen LogP contribution in [0.2, 0.25) is 0 Å². The maximum Gasteiger partial charge on any atom is 0.241 e. The predicted molar refractivity (Wildman–Crippen MR) is 133 cm³/mol. The van der Waals surface area contributed by atoms with Gasteiger partial charge >= 0.3 is 0 Å². The van der Waals surface area contributed by atoms with Gasteiger partial charge in [-0.3, -0.25) is 9.88 Å². The second-order valence-corrected chi connectivity index (χ2v) is 11.7. The molecule has 8 heteroatoms. The van der Waals surface area contributed by atoms with Crippen LogP contribution in [0.5, 0.6) is 0 Å². The van der Waals surface area contributed by atoms with E-state index in [0.29, 0.717) is 22.9 Å². The number of anilines is 1. The minimum atomic E-state index is -3.63. The van der Waals surface area contributed by atoms with E-state index in [9.17, 15) is 8.42 Å². The molecule has 1 aliphatic heterocycles. The molecule has 2 heterocycles. The van der Waals surface area contributed by atoms with Crippen molar-refractivity contribution in [2.45, 2.75) is 62.5 Å². The normalized spacial score (nSPS) is 23.4. The van der Waals surface area contributed by atoms with E-state index < -0.39 is 10.0 Å². The zero-order valence-electron chi connectivity index (χ0n) is 20.4. The van der Waals surface area contributed by atoms with Crippen LogP contribution in [0.25, 0.3) is 10.8 Å². The molecule has 1 saturated carbocycles. The molecule has 2 aromatic rings. The number of sulfonamides is 1. The topological polar surface area (TPSA) is 74.8 Å². The molecular formula is C25H38N4O3S. The Balaban J connectivity index is 1.58. The van der Waals surface area contributed by atoms with E-state index in [-0.39, 0.29) is 11.5 Å². The van der Waals surface area contributed by atoms with E-state index in [1.807, 2.05) is 12.1 Å². The Bertz CT molecular complexity index is 1070. The molecule has 2 aliphatic rings. The molecule has 0 spiro atoms.